The summed E-state index contributed by atoms with van der Waals surface area (Å²) in [5.74, 6) is -0.612. The second-order valence-electron chi connectivity index (χ2n) is 4.28. The van der Waals surface area contributed by atoms with Gasteiger partial charge in [-0.15, -0.1) is 0 Å². The average Bonchev–Trinajstić information content (AvgIpc) is 2.90. The van der Waals surface area contributed by atoms with E-state index in [0.717, 1.165) is 6.07 Å². The predicted molar refractivity (Wildman–Crippen MR) is 78.4 cm³/mol. The maximum absolute atomic E-state index is 13.0. The topological polar surface area (TPSA) is 76.0 Å². The van der Waals surface area contributed by atoms with E-state index in [-0.39, 0.29) is 15.6 Å². The summed E-state index contributed by atoms with van der Waals surface area (Å²) in [5.41, 5.74) is 0.185. The third kappa shape index (κ3) is 3.93. The van der Waals surface area contributed by atoms with Gasteiger partial charge in [-0.2, -0.15) is 5.10 Å². The minimum Gasteiger partial charge on any atom is -0.318 e. The van der Waals surface area contributed by atoms with Crippen LogP contribution in [0.4, 0.5) is 10.1 Å². The van der Waals surface area contributed by atoms with Gasteiger partial charge < -0.3 is 5.32 Å². The fourth-order valence-corrected chi connectivity index (χ4v) is 2.79. The first-order valence-corrected chi connectivity index (χ1v) is 7.93. The summed E-state index contributed by atoms with van der Waals surface area (Å²) in [7, 11) is -1.99. The molecule has 0 aliphatic rings. The molecule has 0 bridgehead atoms. The number of likely N-dealkylation sites (N-methyl/N-ethyl adjacent to an activating group) is 1. The molecule has 2 aromatic rings. The van der Waals surface area contributed by atoms with E-state index in [4.69, 9.17) is 11.6 Å². The number of benzene rings is 1. The summed E-state index contributed by atoms with van der Waals surface area (Å²) >= 11 is 5.62. The molecule has 2 N–H and O–H groups in total. The van der Waals surface area contributed by atoms with Gasteiger partial charge in [0.15, 0.2) is 0 Å². The van der Waals surface area contributed by atoms with E-state index in [9.17, 15) is 12.8 Å². The van der Waals surface area contributed by atoms with Gasteiger partial charge in [0.05, 0.1) is 23.5 Å². The van der Waals surface area contributed by atoms with Crippen molar-refractivity contribution in [1.29, 1.82) is 0 Å². The third-order valence-corrected chi connectivity index (χ3v) is 4.31. The normalized spacial score (nSPS) is 11.6. The first kappa shape index (κ1) is 15.7. The fraction of sp³-hybridized carbons (Fsp3) is 0.250. The molecule has 21 heavy (non-hydrogen) atoms. The molecule has 0 radical (unpaired) electrons. The van der Waals surface area contributed by atoms with Crippen LogP contribution in [0.25, 0.3) is 0 Å². The molecule has 0 saturated heterocycles. The first-order valence-electron chi connectivity index (χ1n) is 6.07. The summed E-state index contributed by atoms with van der Waals surface area (Å²) in [5, 5.41) is 6.75. The Hall–Kier alpha value is -1.64. The highest BCUT2D eigenvalue weighted by atomic mass is 35.5. The van der Waals surface area contributed by atoms with E-state index in [1.807, 2.05) is 0 Å². The summed E-state index contributed by atoms with van der Waals surface area (Å²) < 4.78 is 41.2. The summed E-state index contributed by atoms with van der Waals surface area (Å²) in [6.07, 6.45) is 2.67. The smallest absolute Gasteiger partial charge is 0.265 e. The van der Waals surface area contributed by atoms with Crippen LogP contribution in [-0.4, -0.2) is 31.8 Å². The molecule has 1 heterocycles. The predicted octanol–water partition coefficient (Wildman–Crippen LogP) is 1.70. The van der Waals surface area contributed by atoms with Crippen LogP contribution in [0.3, 0.4) is 0 Å². The van der Waals surface area contributed by atoms with Gasteiger partial charge in [0.2, 0.25) is 0 Å². The molecule has 2 rings (SSSR count). The molecule has 0 fully saturated rings. The van der Waals surface area contributed by atoms with Gasteiger partial charge in [-0.1, -0.05) is 11.6 Å². The monoisotopic (exact) mass is 332 g/mol. The Bertz CT molecular complexity index is 733. The first-order chi connectivity index (χ1) is 9.92. The van der Waals surface area contributed by atoms with Crippen LogP contribution in [0.1, 0.15) is 0 Å². The molecule has 0 amide bonds. The van der Waals surface area contributed by atoms with Crippen molar-refractivity contribution >= 4 is 27.3 Å². The van der Waals surface area contributed by atoms with Crippen LogP contribution in [0, 0.1) is 5.82 Å². The highest BCUT2D eigenvalue weighted by molar-refractivity contribution is 7.92. The van der Waals surface area contributed by atoms with Crippen molar-refractivity contribution in [3.8, 4) is 0 Å². The van der Waals surface area contributed by atoms with Crippen LogP contribution in [-0.2, 0) is 16.6 Å². The molecule has 1 aromatic carbocycles. The lowest BCUT2D eigenvalue weighted by molar-refractivity contribution is 0.582. The molecule has 0 aliphatic carbocycles. The van der Waals surface area contributed by atoms with Crippen LogP contribution in [0.5, 0.6) is 0 Å². The van der Waals surface area contributed by atoms with E-state index in [2.05, 4.69) is 15.1 Å². The molecule has 114 valence electrons. The fourth-order valence-electron chi connectivity index (χ4n) is 1.61. The van der Waals surface area contributed by atoms with Gasteiger partial charge in [-0.25, -0.2) is 12.8 Å². The Balaban J connectivity index is 2.17. The molecule has 6 nitrogen and oxygen atoms in total. The molecule has 0 atom stereocenters. The highest BCUT2D eigenvalue weighted by Gasteiger charge is 2.17. The number of anilines is 1. The second kappa shape index (κ2) is 6.42. The Morgan fingerprint density at radius 3 is 2.86 bits per heavy atom. The molecule has 0 saturated carbocycles. The van der Waals surface area contributed by atoms with Crippen molar-refractivity contribution in [2.75, 3.05) is 18.3 Å². The zero-order valence-corrected chi connectivity index (χ0v) is 12.7. The van der Waals surface area contributed by atoms with Crippen molar-refractivity contribution in [1.82, 2.24) is 15.1 Å². The minimum atomic E-state index is -3.78. The Labute approximate surface area is 127 Å². The average molecular weight is 333 g/mol. The molecule has 0 aliphatic heterocycles. The molecule has 0 spiro atoms. The van der Waals surface area contributed by atoms with Crippen molar-refractivity contribution in [3.05, 3.63) is 41.4 Å². The van der Waals surface area contributed by atoms with E-state index in [0.29, 0.717) is 13.1 Å². The molecule has 9 heteroatoms. The van der Waals surface area contributed by atoms with E-state index >= 15 is 0 Å². The third-order valence-electron chi connectivity index (χ3n) is 2.68. The van der Waals surface area contributed by atoms with Gasteiger partial charge in [-0.05, 0) is 25.2 Å². The Morgan fingerprint density at radius 1 is 1.43 bits per heavy atom. The largest absolute Gasteiger partial charge is 0.318 e. The summed E-state index contributed by atoms with van der Waals surface area (Å²) in [6, 6.07) is 3.60. The van der Waals surface area contributed by atoms with Crippen molar-refractivity contribution in [3.63, 3.8) is 0 Å². The van der Waals surface area contributed by atoms with Crippen LogP contribution in [0.2, 0.25) is 5.02 Å². The standard InChI is InChI=1S/C12H14ClFN4O2S/c1-15-4-5-18-8-10(7-16-18)21(19,20)17-9-2-3-12(14)11(13)6-9/h2-3,6-8,15,17H,4-5H2,1H3. The number of rotatable bonds is 6. The lowest BCUT2D eigenvalue weighted by Gasteiger charge is -2.06. The maximum atomic E-state index is 13.0. The number of hydrogen-bond donors (Lipinski definition) is 2. The minimum absolute atomic E-state index is 0.0269. The van der Waals surface area contributed by atoms with Crippen LogP contribution in [0.15, 0.2) is 35.5 Å². The van der Waals surface area contributed by atoms with Crippen LogP contribution >= 0.6 is 11.6 Å². The lowest BCUT2D eigenvalue weighted by Crippen LogP contribution is -2.15. The highest BCUT2D eigenvalue weighted by Crippen LogP contribution is 2.21. The molecular formula is C12H14ClFN4O2S. The van der Waals surface area contributed by atoms with Gasteiger partial charge in [-0.3, -0.25) is 9.40 Å². The molecule has 0 unspecified atom stereocenters. The molecular weight excluding hydrogens is 319 g/mol. The van der Waals surface area contributed by atoms with E-state index < -0.39 is 15.8 Å². The van der Waals surface area contributed by atoms with Gasteiger partial charge in [0.1, 0.15) is 10.7 Å². The van der Waals surface area contributed by atoms with Crippen LogP contribution < -0.4 is 10.0 Å². The zero-order valence-electron chi connectivity index (χ0n) is 11.2. The van der Waals surface area contributed by atoms with Gasteiger partial charge in [0, 0.05) is 12.7 Å². The van der Waals surface area contributed by atoms with Gasteiger partial charge in [0.25, 0.3) is 10.0 Å². The number of sulfonamides is 1. The summed E-state index contributed by atoms with van der Waals surface area (Å²) in [6.45, 7) is 1.22. The number of halogens is 2. The number of hydrogen-bond acceptors (Lipinski definition) is 4. The Kier molecular flexibility index (Phi) is 4.81. The second-order valence-corrected chi connectivity index (χ2v) is 6.37. The summed E-state index contributed by atoms with van der Waals surface area (Å²) in [4.78, 5) is 0.0269. The van der Waals surface area contributed by atoms with Crippen molar-refractivity contribution in [2.24, 2.45) is 0 Å². The lowest BCUT2D eigenvalue weighted by atomic mass is 10.3. The van der Waals surface area contributed by atoms with Gasteiger partial charge >= 0.3 is 0 Å². The Morgan fingerprint density at radius 2 is 2.19 bits per heavy atom. The number of aromatic nitrogens is 2. The number of nitrogens with zero attached hydrogens (tertiary/aromatic N) is 2. The zero-order chi connectivity index (χ0) is 15.5. The number of nitrogens with one attached hydrogen (secondary N) is 2. The quantitative estimate of drug-likeness (QED) is 0.844. The van der Waals surface area contributed by atoms with Crippen molar-refractivity contribution < 1.29 is 12.8 Å². The SMILES string of the molecule is CNCCn1cc(S(=O)(=O)Nc2ccc(F)c(Cl)c2)cn1. The van der Waals surface area contributed by atoms with Crippen molar-refractivity contribution in [2.45, 2.75) is 11.4 Å². The van der Waals surface area contributed by atoms with E-state index in [1.165, 1.54) is 29.2 Å². The maximum Gasteiger partial charge on any atom is 0.265 e. The molecule has 1 aromatic heterocycles. The van der Waals surface area contributed by atoms with E-state index in [1.54, 1.807) is 7.05 Å².